The summed E-state index contributed by atoms with van der Waals surface area (Å²) >= 11 is 0. The molecule has 17 heavy (non-hydrogen) atoms. The Labute approximate surface area is 99.8 Å². The van der Waals surface area contributed by atoms with Crippen molar-refractivity contribution in [3.63, 3.8) is 0 Å². The van der Waals surface area contributed by atoms with E-state index in [-0.39, 0.29) is 11.6 Å². The summed E-state index contributed by atoms with van der Waals surface area (Å²) in [6, 6.07) is 14.1. The fourth-order valence-corrected chi connectivity index (χ4v) is 1.50. The third kappa shape index (κ3) is 2.45. The van der Waals surface area contributed by atoms with Crippen LogP contribution >= 0.6 is 0 Å². The van der Waals surface area contributed by atoms with Crippen LogP contribution in [0.25, 0.3) is 0 Å². The van der Waals surface area contributed by atoms with E-state index in [1.54, 1.807) is 24.3 Å². The van der Waals surface area contributed by atoms with Crippen molar-refractivity contribution in [1.82, 2.24) is 0 Å². The summed E-state index contributed by atoms with van der Waals surface area (Å²) in [5.74, 6) is 0.615. The van der Waals surface area contributed by atoms with E-state index in [0.29, 0.717) is 11.3 Å². The smallest absolute Gasteiger partial charge is 0.222 e. The Bertz CT molecular complexity index is 549. The fraction of sp³-hybridized carbons (Fsp3) is 0.0714. The first-order valence-electron chi connectivity index (χ1n) is 5.29. The van der Waals surface area contributed by atoms with Gasteiger partial charge in [0.1, 0.15) is 11.5 Å². The molecule has 0 aliphatic heterocycles. The number of phenolic OH excluding ortho intramolecular Hbond substituents is 1. The summed E-state index contributed by atoms with van der Waals surface area (Å²) in [5, 5.41) is 17.4. The van der Waals surface area contributed by atoms with E-state index in [1.165, 1.54) is 6.07 Å². The molecule has 0 aliphatic carbocycles. The highest BCUT2D eigenvalue weighted by molar-refractivity contribution is 5.95. The minimum Gasteiger partial charge on any atom is -0.507 e. The summed E-state index contributed by atoms with van der Waals surface area (Å²) < 4.78 is 5.44. The van der Waals surface area contributed by atoms with E-state index in [2.05, 4.69) is 0 Å². The molecule has 0 spiro atoms. The van der Waals surface area contributed by atoms with Crippen LogP contribution in [0.5, 0.6) is 11.5 Å². The van der Waals surface area contributed by atoms with Crippen LogP contribution in [0.4, 0.5) is 0 Å². The van der Waals surface area contributed by atoms with Gasteiger partial charge < -0.3 is 9.84 Å². The Kier molecular flexibility index (Phi) is 3.10. The van der Waals surface area contributed by atoms with E-state index >= 15 is 0 Å². The molecular formula is C14H13NO2. The standard InChI is InChI=1S/C14H13NO2/c1-10-6-2-5-9-13(10)17-14(15)11-7-3-4-8-12(11)16/h2-9,15-16H,1H3. The molecule has 2 aromatic rings. The molecule has 2 aromatic carbocycles. The molecule has 86 valence electrons. The molecule has 3 nitrogen and oxygen atoms in total. The normalized spacial score (nSPS) is 9.94. The molecule has 0 aliphatic rings. The lowest BCUT2D eigenvalue weighted by atomic mass is 10.2. The number of benzene rings is 2. The highest BCUT2D eigenvalue weighted by Gasteiger charge is 2.09. The van der Waals surface area contributed by atoms with E-state index < -0.39 is 0 Å². The van der Waals surface area contributed by atoms with Crippen molar-refractivity contribution in [3.05, 3.63) is 59.7 Å². The van der Waals surface area contributed by atoms with E-state index in [0.717, 1.165) is 5.56 Å². The van der Waals surface area contributed by atoms with Crippen LogP contribution in [0.1, 0.15) is 11.1 Å². The van der Waals surface area contributed by atoms with Crippen LogP contribution in [-0.4, -0.2) is 11.0 Å². The largest absolute Gasteiger partial charge is 0.507 e. The molecule has 0 fully saturated rings. The van der Waals surface area contributed by atoms with Gasteiger partial charge in [-0.05, 0) is 30.7 Å². The van der Waals surface area contributed by atoms with Crippen molar-refractivity contribution < 1.29 is 9.84 Å². The average molecular weight is 227 g/mol. The molecule has 0 bridgehead atoms. The number of hydrogen-bond acceptors (Lipinski definition) is 3. The van der Waals surface area contributed by atoms with Crippen LogP contribution in [-0.2, 0) is 0 Å². The van der Waals surface area contributed by atoms with Crippen molar-refractivity contribution in [3.8, 4) is 11.5 Å². The lowest BCUT2D eigenvalue weighted by Gasteiger charge is -2.10. The van der Waals surface area contributed by atoms with Crippen molar-refractivity contribution in [1.29, 1.82) is 5.41 Å². The molecule has 3 heteroatoms. The first kappa shape index (κ1) is 11.2. The molecule has 0 saturated heterocycles. The molecule has 0 aromatic heterocycles. The lowest BCUT2D eigenvalue weighted by Crippen LogP contribution is -2.09. The predicted molar refractivity (Wildman–Crippen MR) is 66.7 cm³/mol. The van der Waals surface area contributed by atoms with Gasteiger partial charge in [0.25, 0.3) is 0 Å². The second kappa shape index (κ2) is 4.70. The van der Waals surface area contributed by atoms with Gasteiger partial charge in [0.05, 0.1) is 5.56 Å². The second-order valence-corrected chi connectivity index (χ2v) is 3.71. The molecule has 0 amide bonds. The van der Waals surface area contributed by atoms with Gasteiger partial charge in [-0.15, -0.1) is 0 Å². The summed E-state index contributed by atoms with van der Waals surface area (Å²) in [7, 11) is 0. The van der Waals surface area contributed by atoms with E-state index in [1.807, 2.05) is 25.1 Å². The Hall–Kier alpha value is -2.29. The van der Waals surface area contributed by atoms with Crippen molar-refractivity contribution in [2.24, 2.45) is 0 Å². The minimum atomic E-state index is -0.0580. The zero-order chi connectivity index (χ0) is 12.3. The van der Waals surface area contributed by atoms with Gasteiger partial charge in [-0.25, -0.2) is 0 Å². The van der Waals surface area contributed by atoms with Crippen LogP contribution < -0.4 is 4.74 Å². The number of hydrogen-bond donors (Lipinski definition) is 2. The van der Waals surface area contributed by atoms with Crippen LogP contribution in [0, 0.1) is 12.3 Å². The maximum Gasteiger partial charge on any atom is 0.222 e. The predicted octanol–water partition coefficient (Wildman–Crippen LogP) is 3.10. The molecular weight excluding hydrogens is 214 g/mol. The highest BCUT2D eigenvalue weighted by atomic mass is 16.5. The Morgan fingerprint density at radius 1 is 1.06 bits per heavy atom. The van der Waals surface area contributed by atoms with Crippen LogP contribution in [0.15, 0.2) is 48.5 Å². The first-order valence-corrected chi connectivity index (χ1v) is 5.29. The first-order chi connectivity index (χ1) is 8.18. The van der Waals surface area contributed by atoms with Crippen molar-refractivity contribution in [2.45, 2.75) is 6.92 Å². The molecule has 0 atom stereocenters. The zero-order valence-electron chi connectivity index (χ0n) is 9.47. The highest BCUT2D eigenvalue weighted by Crippen LogP contribution is 2.21. The fourth-order valence-electron chi connectivity index (χ4n) is 1.50. The quantitative estimate of drug-likeness (QED) is 0.611. The van der Waals surface area contributed by atoms with Gasteiger partial charge in [0.2, 0.25) is 5.90 Å². The van der Waals surface area contributed by atoms with Gasteiger partial charge in [0.15, 0.2) is 0 Å². The van der Waals surface area contributed by atoms with Crippen LogP contribution in [0.3, 0.4) is 0 Å². The SMILES string of the molecule is Cc1ccccc1OC(=N)c1ccccc1O. The molecule has 2 N–H and O–H groups in total. The van der Waals surface area contributed by atoms with Gasteiger partial charge in [0, 0.05) is 0 Å². The second-order valence-electron chi connectivity index (χ2n) is 3.71. The Morgan fingerprint density at radius 3 is 2.41 bits per heavy atom. The van der Waals surface area contributed by atoms with E-state index in [4.69, 9.17) is 10.1 Å². The summed E-state index contributed by atoms with van der Waals surface area (Å²) in [5.41, 5.74) is 1.34. The Balaban J connectivity index is 2.24. The molecule has 0 heterocycles. The lowest BCUT2D eigenvalue weighted by molar-refractivity contribution is 0.468. The van der Waals surface area contributed by atoms with Crippen LogP contribution in [0.2, 0.25) is 0 Å². The monoisotopic (exact) mass is 227 g/mol. The maximum atomic E-state index is 9.61. The maximum absolute atomic E-state index is 9.61. The summed E-state index contributed by atoms with van der Waals surface area (Å²) in [6.07, 6.45) is 0. The van der Waals surface area contributed by atoms with Gasteiger partial charge in [-0.2, -0.15) is 0 Å². The van der Waals surface area contributed by atoms with Gasteiger partial charge >= 0.3 is 0 Å². The number of rotatable bonds is 2. The van der Waals surface area contributed by atoms with Crippen molar-refractivity contribution >= 4 is 5.90 Å². The average Bonchev–Trinajstić information content (AvgIpc) is 2.32. The van der Waals surface area contributed by atoms with Crippen molar-refractivity contribution in [2.75, 3.05) is 0 Å². The van der Waals surface area contributed by atoms with E-state index in [9.17, 15) is 5.11 Å². The molecule has 0 unspecified atom stereocenters. The molecule has 0 radical (unpaired) electrons. The number of nitrogens with one attached hydrogen (secondary N) is 1. The third-order valence-corrected chi connectivity index (χ3v) is 2.45. The third-order valence-electron chi connectivity index (χ3n) is 2.45. The van der Waals surface area contributed by atoms with Gasteiger partial charge in [-0.1, -0.05) is 30.3 Å². The number of phenols is 1. The number of aryl methyl sites for hydroxylation is 1. The number of ether oxygens (including phenoxy) is 1. The topological polar surface area (TPSA) is 53.3 Å². The number of para-hydroxylation sites is 2. The zero-order valence-corrected chi connectivity index (χ0v) is 9.47. The summed E-state index contributed by atoms with van der Waals surface area (Å²) in [6.45, 7) is 1.91. The summed E-state index contributed by atoms with van der Waals surface area (Å²) in [4.78, 5) is 0. The number of aromatic hydroxyl groups is 1. The van der Waals surface area contributed by atoms with Gasteiger partial charge in [-0.3, -0.25) is 5.41 Å². The molecule has 0 saturated carbocycles. The molecule has 2 rings (SSSR count). The minimum absolute atomic E-state index is 0.0473. The Morgan fingerprint density at radius 2 is 1.71 bits per heavy atom.